The second kappa shape index (κ2) is 9.66. The molecule has 1 aliphatic carbocycles. The molecule has 2 amide bonds. The Kier molecular flexibility index (Phi) is 7.88. The van der Waals surface area contributed by atoms with Crippen LogP contribution in [0.1, 0.15) is 51.9 Å². The molecule has 2 fully saturated rings. The van der Waals surface area contributed by atoms with Crippen LogP contribution >= 0.6 is 11.8 Å². The van der Waals surface area contributed by atoms with Crippen LogP contribution in [0.3, 0.4) is 0 Å². The first-order valence-electron chi connectivity index (χ1n) is 9.35. The Morgan fingerprint density at radius 2 is 1.88 bits per heavy atom. The third-order valence-corrected chi connectivity index (χ3v) is 6.44. The lowest BCUT2D eigenvalue weighted by molar-refractivity contribution is -0.132. The number of thioether (sulfide) groups is 1. The second-order valence-electron chi connectivity index (χ2n) is 7.40. The molecule has 0 aromatic heterocycles. The SMILES string of the molecule is CC1CCN(C(=O)CSCC(=O)N(C)C2CCCCC2)C(CN)C1. The van der Waals surface area contributed by atoms with Crippen LogP contribution in [0.2, 0.25) is 0 Å². The van der Waals surface area contributed by atoms with Gasteiger partial charge in [0.1, 0.15) is 0 Å². The van der Waals surface area contributed by atoms with Gasteiger partial charge in [-0.05, 0) is 31.6 Å². The Bertz CT molecular complexity index is 426. The normalized spacial score (nSPS) is 25.5. The van der Waals surface area contributed by atoms with Crippen molar-refractivity contribution in [1.29, 1.82) is 0 Å². The van der Waals surface area contributed by atoms with E-state index in [0.29, 0.717) is 30.0 Å². The quantitative estimate of drug-likeness (QED) is 0.792. The van der Waals surface area contributed by atoms with Gasteiger partial charge in [-0.1, -0.05) is 26.2 Å². The molecule has 0 aromatic rings. The van der Waals surface area contributed by atoms with Crippen molar-refractivity contribution in [3.63, 3.8) is 0 Å². The zero-order valence-corrected chi connectivity index (χ0v) is 16.0. The molecule has 2 aliphatic rings. The van der Waals surface area contributed by atoms with E-state index in [1.165, 1.54) is 31.0 Å². The Morgan fingerprint density at radius 1 is 1.17 bits per heavy atom. The van der Waals surface area contributed by atoms with Gasteiger partial charge < -0.3 is 15.5 Å². The fourth-order valence-electron chi connectivity index (χ4n) is 3.89. The molecule has 0 radical (unpaired) electrons. The molecule has 1 aliphatic heterocycles. The highest BCUT2D eigenvalue weighted by molar-refractivity contribution is 8.00. The van der Waals surface area contributed by atoms with Crippen LogP contribution in [0.4, 0.5) is 0 Å². The summed E-state index contributed by atoms with van der Waals surface area (Å²) >= 11 is 1.45. The standard InChI is InChI=1S/C18H33N3O2S/c1-14-8-9-21(16(10-14)11-19)18(23)13-24-12-17(22)20(2)15-6-4-3-5-7-15/h14-16H,3-13,19H2,1-2H3. The van der Waals surface area contributed by atoms with Crippen molar-refractivity contribution in [3.05, 3.63) is 0 Å². The second-order valence-corrected chi connectivity index (χ2v) is 8.38. The fourth-order valence-corrected chi connectivity index (χ4v) is 4.71. The van der Waals surface area contributed by atoms with Crippen molar-refractivity contribution < 1.29 is 9.59 Å². The van der Waals surface area contributed by atoms with Gasteiger partial charge in [-0.3, -0.25) is 9.59 Å². The van der Waals surface area contributed by atoms with Crippen molar-refractivity contribution >= 4 is 23.6 Å². The van der Waals surface area contributed by atoms with Crippen molar-refractivity contribution in [1.82, 2.24) is 9.80 Å². The van der Waals surface area contributed by atoms with E-state index in [2.05, 4.69) is 6.92 Å². The van der Waals surface area contributed by atoms with Crippen molar-refractivity contribution in [2.24, 2.45) is 11.7 Å². The van der Waals surface area contributed by atoms with Crippen LogP contribution in [-0.2, 0) is 9.59 Å². The summed E-state index contributed by atoms with van der Waals surface area (Å²) in [5.74, 6) is 1.71. The number of nitrogens with two attached hydrogens (primary N) is 1. The minimum atomic E-state index is 0.135. The molecule has 2 N–H and O–H groups in total. The van der Waals surface area contributed by atoms with Crippen molar-refractivity contribution in [2.75, 3.05) is 31.6 Å². The summed E-state index contributed by atoms with van der Waals surface area (Å²) in [7, 11) is 1.91. The van der Waals surface area contributed by atoms with Gasteiger partial charge in [0, 0.05) is 32.2 Å². The zero-order valence-electron chi connectivity index (χ0n) is 15.2. The van der Waals surface area contributed by atoms with Gasteiger partial charge in [0.2, 0.25) is 11.8 Å². The topological polar surface area (TPSA) is 66.6 Å². The fraction of sp³-hybridized carbons (Fsp3) is 0.889. The molecule has 1 saturated carbocycles. The van der Waals surface area contributed by atoms with Crippen LogP contribution in [0, 0.1) is 5.92 Å². The van der Waals surface area contributed by atoms with Crippen LogP contribution < -0.4 is 5.73 Å². The maximum Gasteiger partial charge on any atom is 0.232 e. The largest absolute Gasteiger partial charge is 0.342 e. The number of carbonyl (C=O) groups excluding carboxylic acids is 2. The monoisotopic (exact) mass is 355 g/mol. The lowest BCUT2D eigenvalue weighted by Gasteiger charge is -2.38. The molecule has 2 unspecified atom stereocenters. The van der Waals surface area contributed by atoms with Gasteiger partial charge >= 0.3 is 0 Å². The summed E-state index contributed by atoms with van der Waals surface area (Å²) < 4.78 is 0. The predicted molar refractivity (Wildman–Crippen MR) is 99.9 cm³/mol. The number of piperidine rings is 1. The Hall–Kier alpha value is -0.750. The molecule has 5 nitrogen and oxygen atoms in total. The molecule has 1 heterocycles. The predicted octanol–water partition coefficient (Wildman–Crippen LogP) is 2.10. The Labute approximate surface area is 150 Å². The molecule has 2 atom stereocenters. The molecule has 0 spiro atoms. The van der Waals surface area contributed by atoms with Gasteiger partial charge in [0.15, 0.2) is 0 Å². The van der Waals surface area contributed by atoms with Gasteiger partial charge in [0.25, 0.3) is 0 Å². The summed E-state index contributed by atoms with van der Waals surface area (Å²) in [4.78, 5) is 28.6. The number of amides is 2. The van der Waals surface area contributed by atoms with Crippen LogP contribution in [0.25, 0.3) is 0 Å². The lowest BCUT2D eigenvalue weighted by atomic mass is 9.92. The van der Waals surface area contributed by atoms with Gasteiger partial charge in [-0.2, -0.15) is 0 Å². The number of likely N-dealkylation sites (tertiary alicyclic amines) is 1. The minimum absolute atomic E-state index is 0.135. The first kappa shape index (κ1) is 19.6. The highest BCUT2D eigenvalue weighted by atomic mass is 32.2. The van der Waals surface area contributed by atoms with Crippen LogP contribution in [-0.4, -0.2) is 65.3 Å². The van der Waals surface area contributed by atoms with E-state index in [1.54, 1.807) is 0 Å². The van der Waals surface area contributed by atoms with E-state index in [4.69, 9.17) is 5.73 Å². The van der Waals surface area contributed by atoms with E-state index in [1.807, 2.05) is 16.8 Å². The summed E-state index contributed by atoms with van der Waals surface area (Å²) in [6, 6.07) is 0.565. The Morgan fingerprint density at radius 3 is 2.54 bits per heavy atom. The van der Waals surface area contributed by atoms with Crippen LogP contribution in [0.5, 0.6) is 0 Å². The molecule has 0 aromatic carbocycles. The molecule has 2 rings (SSSR count). The molecule has 24 heavy (non-hydrogen) atoms. The summed E-state index contributed by atoms with van der Waals surface area (Å²) in [5.41, 5.74) is 5.83. The average Bonchev–Trinajstić information content (AvgIpc) is 2.61. The number of hydrogen-bond acceptors (Lipinski definition) is 4. The van der Waals surface area contributed by atoms with E-state index in [-0.39, 0.29) is 17.9 Å². The molecule has 6 heteroatoms. The van der Waals surface area contributed by atoms with Gasteiger partial charge in [0.05, 0.1) is 11.5 Å². The third-order valence-electron chi connectivity index (χ3n) is 5.54. The van der Waals surface area contributed by atoms with Crippen LogP contribution in [0.15, 0.2) is 0 Å². The molecule has 138 valence electrons. The van der Waals surface area contributed by atoms with Gasteiger partial charge in [-0.15, -0.1) is 11.8 Å². The van der Waals surface area contributed by atoms with E-state index in [9.17, 15) is 9.59 Å². The first-order chi connectivity index (χ1) is 11.5. The smallest absolute Gasteiger partial charge is 0.232 e. The maximum absolute atomic E-state index is 12.5. The third kappa shape index (κ3) is 5.38. The average molecular weight is 356 g/mol. The van der Waals surface area contributed by atoms with Gasteiger partial charge in [-0.25, -0.2) is 0 Å². The molecule has 1 saturated heterocycles. The molecular weight excluding hydrogens is 322 g/mol. The minimum Gasteiger partial charge on any atom is -0.342 e. The number of hydrogen-bond donors (Lipinski definition) is 1. The summed E-state index contributed by atoms with van der Waals surface area (Å²) in [6.45, 7) is 3.56. The first-order valence-corrected chi connectivity index (χ1v) is 10.5. The molecular formula is C18H33N3O2S. The van der Waals surface area contributed by atoms with E-state index >= 15 is 0 Å². The van der Waals surface area contributed by atoms with E-state index in [0.717, 1.165) is 32.2 Å². The highest BCUT2D eigenvalue weighted by Crippen LogP contribution is 2.24. The van der Waals surface area contributed by atoms with E-state index < -0.39 is 0 Å². The van der Waals surface area contributed by atoms with Crippen molar-refractivity contribution in [3.8, 4) is 0 Å². The number of carbonyl (C=O) groups is 2. The lowest BCUT2D eigenvalue weighted by Crippen LogP contribution is -2.50. The van der Waals surface area contributed by atoms with Crippen molar-refractivity contribution in [2.45, 2.75) is 64.0 Å². The highest BCUT2D eigenvalue weighted by Gasteiger charge is 2.29. The maximum atomic E-state index is 12.5. The number of rotatable bonds is 6. The summed E-state index contributed by atoms with van der Waals surface area (Å²) in [5, 5.41) is 0. The Balaban J connectivity index is 1.72. The zero-order chi connectivity index (χ0) is 17.5. The molecule has 0 bridgehead atoms. The summed E-state index contributed by atoms with van der Waals surface area (Å²) in [6.07, 6.45) is 8.03. The number of nitrogens with zero attached hydrogens (tertiary/aromatic N) is 2.